The number of anilines is 1. The van der Waals surface area contributed by atoms with E-state index in [1.54, 1.807) is 24.7 Å². The summed E-state index contributed by atoms with van der Waals surface area (Å²) in [4.78, 5) is 0. The number of aryl methyl sites for hydroxylation is 3. The zero-order chi connectivity index (χ0) is 12.4. The van der Waals surface area contributed by atoms with E-state index in [0.29, 0.717) is 17.7 Å². The van der Waals surface area contributed by atoms with Gasteiger partial charge in [-0.25, -0.2) is 9.07 Å². The van der Waals surface area contributed by atoms with Crippen LogP contribution in [0.1, 0.15) is 16.7 Å². The molecule has 1 aromatic carbocycles. The molecule has 0 aliphatic carbocycles. The highest BCUT2D eigenvalue weighted by Gasteiger charge is 2.05. The molecule has 2 aromatic rings. The first-order valence-electron chi connectivity index (χ1n) is 5.42. The number of hydrogen-bond acceptors (Lipinski definition) is 3. The van der Waals surface area contributed by atoms with Crippen LogP contribution in [0.2, 0.25) is 0 Å². The number of aromatic nitrogens is 3. The van der Waals surface area contributed by atoms with Gasteiger partial charge in [0.15, 0.2) is 0 Å². The maximum atomic E-state index is 13.4. The minimum absolute atomic E-state index is 0.129. The van der Waals surface area contributed by atoms with Gasteiger partial charge in [-0.3, -0.25) is 0 Å². The lowest BCUT2D eigenvalue weighted by atomic mass is 10.1. The van der Waals surface area contributed by atoms with Crippen molar-refractivity contribution in [3.8, 4) is 0 Å². The quantitative estimate of drug-likeness (QED) is 0.885. The molecule has 4 nitrogen and oxygen atoms in total. The van der Waals surface area contributed by atoms with E-state index >= 15 is 0 Å². The zero-order valence-corrected chi connectivity index (χ0v) is 10.2. The van der Waals surface area contributed by atoms with E-state index < -0.39 is 0 Å². The fourth-order valence-electron chi connectivity index (χ4n) is 1.78. The fraction of sp³-hybridized carbons (Fsp3) is 0.333. The number of rotatable bonds is 3. The van der Waals surface area contributed by atoms with E-state index in [0.717, 1.165) is 11.4 Å². The molecule has 0 atom stereocenters. The standard InChI is InChI=1S/C12H15FN4/c1-8-4-10(5-9(2)12(8)13)6-14-11-7-15-16-17(11)3/h4-5,7,14H,6H2,1-3H3. The Morgan fingerprint density at radius 2 is 1.94 bits per heavy atom. The Bertz CT molecular complexity index is 510. The van der Waals surface area contributed by atoms with Crippen molar-refractivity contribution in [1.29, 1.82) is 0 Å². The van der Waals surface area contributed by atoms with E-state index in [1.807, 2.05) is 19.2 Å². The average molecular weight is 234 g/mol. The summed E-state index contributed by atoms with van der Waals surface area (Å²) in [5.74, 6) is 0.709. The second-order valence-corrected chi connectivity index (χ2v) is 4.14. The van der Waals surface area contributed by atoms with Crippen LogP contribution in [0.15, 0.2) is 18.3 Å². The highest BCUT2D eigenvalue weighted by molar-refractivity contribution is 5.36. The minimum atomic E-state index is -0.129. The van der Waals surface area contributed by atoms with E-state index in [1.165, 1.54) is 0 Å². The smallest absolute Gasteiger partial charge is 0.144 e. The van der Waals surface area contributed by atoms with Crippen LogP contribution in [0, 0.1) is 19.7 Å². The number of nitrogens with zero attached hydrogens (tertiary/aromatic N) is 3. The van der Waals surface area contributed by atoms with Gasteiger partial charge in [0.2, 0.25) is 0 Å². The van der Waals surface area contributed by atoms with E-state index in [2.05, 4.69) is 15.6 Å². The van der Waals surface area contributed by atoms with E-state index in [9.17, 15) is 4.39 Å². The lowest BCUT2D eigenvalue weighted by Gasteiger charge is -2.08. The molecule has 90 valence electrons. The highest BCUT2D eigenvalue weighted by Crippen LogP contribution is 2.15. The van der Waals surface area contributed by atoms with Crippen LogP contribution in [0.25, 0.3) is 0 Å². The first kappa shape index (κ1) is 11.6. The molecule has 1 N–H and O–H groups in total. The summed E-state index contributed by atoms with van der Waals surface area (Å²) >= 11 is 0. The first-order valence-corrected chi connectivity index (χ1v) is 5.42. The number of nitrogens with one attached hydrogen (secondary N) is 1. The van der Waals surface area contributed by atoms with Crippen molar-refractivity contribution in [2.45, 2.75) is 20.4 Å². The summed E-state index contributed by atoms with van der Waals surface area (Å²) in [5, 5.41) is 10.8. The summed E-state index contributed by atoms with van der Waals surface area (Å²) in [7, 11) is 1.82. The number of hydrogen-bond donors (Lipinski definition) is 1. The van der Waals surface area contributed by atoms with Crippen molar-refractivity contribution in [3.05, 3.63) is 40.8 Å². The van der Waals surface area contributed by atoms with Gasteiger partial charge in [-0.1, -0.05) is 17.3 Å². The predicted molar refractivity (Wildman–Crippen MR) is 64.2 cm³/mol. The molecule has 0 radical (unpaired) electrons. The van der Waals surface area contributed by atoms with Crippen molar-refractivity contribution in [1.82, 2.24) is 15.0 Å². The molecule has 5 heteroatoms. The molecule has 1 aromatic heterocycles. The van der Waals surface area contributed by atoms with Gasteiger partial charge in [-0.05, 0) is 30.5 Å². The predicted octanol–water partition coefficient (Wildman–Crippen LogP) is 2.18. The molecular formula is C12H15FN4. The largest absolute Gasteiger partial charge is 0.365 e. The fourth-order valence-corrected chi connectivity index (χ4v) is 1.78. The van der Waals surface area contributed by atoms with E-state index in [-0.39, 0.29) is 5.82 Å². The summed E-state index contributed by atoms with van der Waals surface area (Å²) < 4.78 is 15.1. The average Bonchev–Trinajstić information content (AvgIpc) is 2.69. The van der Waals surface area contributed by atoms with Crippen molar-refractivity contribution in [3.63, 3.8) is 0 Å². The molecule has 1 heterocycles. The molecule has 0 unspecified atom stereocenters. The van der Waals surface area contributed by atoms with Crippen molar-refractivity contribution in [2.24, 2.45) is 7.05 Å². The molecule has 17 heavy (non-hydrogen) atoms. The molecule has 0 aliphatic rings. The Labute approximate surface area is 99.5 Å². The lowest BCUT2D eigenvalue weighted by molar-refractivity contribution is 0.608. The highest BCUT2D eigenvalue weighted by atomic mass is 19.1. The first-order chi connectivity index (χ1) is 8.08. The topological polar surface area (TPSA) is 42.7 Å². The normalized spacial score (nSPS) is 10.6. The van der Waals surface area contributed by atoms with Crippen LogP contribution in [0.4, 0.5) is 10.2 Å². The summed E-state index contributed by atoms with van der Waals surface area (Å²) in [6, 6.07) is 3.69. The van der Waals surface area contributed by atoms with Crippen molar-refractivity contribution in [2.75, 3.05) is 5.32 Å². The molecular weight excluding hydrogens is 219 g/mol. The van der Waals surface area contributed by atoms with Gasteiger partial charge < -0.3 is 5.32 Å². The zero-order valence-electron chi connectivity index (χ0n) is 10.2. The Balaban J connectivity index is 2.12. The second kappa shape index (κ2) is 4.53. The van der Waals surface area contributed by atoms with Crippen LogP contribution < -0.4 is 5.32 Å². The molecule has 0 saturated carbocycles. The van der Waals surface area contributed by atoms with Crippen molar-refractivity contribution >= 4 is 5.82 Å². The maximum absolute atomic E-state index is 13.4. The molecule has 0 bridgehead atoms. The van der Waals surface area contributed by atoms with Crippen LogP contribution in [-0.4, -0.2) is 15.0 Å². The molecule has 2 rings (SSSR count). The minimum Gasteiger partial charge on any atom is -0.365 e. The van der Waals surface area contributed by atoms with Gasteiger partial charge in [0.05, 0.1) is 6.20 Å². The van der Waals surface area contributed by atoms with Crippen LogP contribution >= 0.6 is 0 Å². The third-order valence-electron chi connectivity index (χ3n) is 2.68. The van der Waals surface area contributed by atoms with Crippen LogP contribution in [0.3, 0.4) is 0 Å². The molecule has 0 amide bonds. The Morgan fingerprint density at radius 1 is 1.29 bits per heavy atom. The second-order valence-electron chi connectivity index (χ2n) is 4.14. The van der Waals surface area contributed by atoms with Gasteiger partial charge in [-0.15, -0.1) is 5.10 Å². The maximum Gasteiger partial charge on any atom is 0.144 e. The van der Waals surface area contributed by atoms with Gasteiger partial charge in [0, 0.05) is 13.6 Å². The molecule has 0 spiro atoms. The monoisotopic (exact) mass is 234 g/mol. The molecule has 0 saturated heterocycles. The lowest BCUT2D eigenvalue weighted by Crippen LogP contribution is -2.05. The van der Waals surface area contributed by atoms with Gasteiger partial charge in [-0.2, -0.15) is 0 Å². The van der Waals surface area contributed by atoms with Crippen molar-refractivity contribution < 1.29 is 4.39 Å². The number of halogens is 1. The Morgan fingerprint density at radius 3 is 2.47 bits per heavy atom. The van der Waals surface area contributed by atoms with Gasteiger partial charge in [0.25, 0.3) is 0 Å². The third-order valence-corrected chi connectivity index (χ3v) is 2.68. The Hall–Kier alpha value is -1.91. The van der Waals surface area contributed by atoms with Gasteiger partial charge >= 0.3 is 0 Å². The SMILES string of the molecule is Cc1cc(CNc2cnnn2C)cc(C)c1F. The Kier molecular flexibility index (Phi) is 3.08. The van der Waals surface area contributed by atoms with Crippen LogP contribution in [0.5, 0.6) is 0 Å². The molecule has 0 fully saturated rings. The summed E-state index contributed by atoms with van der Waals surface area (Å²) in [5.41, 5.74) is 2.39. The van der Waals surface area contributed by atoms with Crippen LogP contribution in [-0.2, 0) is 13.6 Å². The summed E-state index contributed by atoms with van der Waals surface area (Å²) in [6.07, 6.45) is 1.66. The van der Waals surface area contributed by atoms with E-state index in [4.69, 9.17) is 0 Å². The van der Waals surface area contributed by atoms with Gasteiger partial charge in [0.1, 0.15) is 11.6 Å². The molecule has 0 aliphatic heterocycles. The number of benzene rings is 1. The third kappa shape index (κ3) is 2.43. The summed E-state index contributed by atoms with van der Waals surface area (Å²) in [6.45, 7) is 4.18.